The molecular formula is C25H32N4O3S. The number of nitrogens with zero attached hydrogens (tertiary/aromatic N) is 2. The summed E-state index contributed by atoms with van der Waals surface area (Å²) in [4.78, 5) is 44.8. The second-order valence-corrected chi connectivity index (χ2v) is 9.28. The van der Waals surface area contributed by atoms with E-state index in [1.54, 1.807) is 6.08 Å². The van der Waals surface area contributed by atoms with Gasteiger partial charge in [-0.25, -0.2) is 4.98 Å². The number of carbonyl (C=O) groups excluding carboxylic acids is 3. The lowest BCUT2D eigenvalue weighted by molar-refractivity contribution is -0.141. The molecule has 1 atom stereocenters. The van der Waals surface area contributed by atoms with E-state index in [0.29, 0.717) is 5.13 Å². The van der Waals surface area contributed by atoms with E-state index >= 15 is 0 Å². The summed E-state index contributed by atoms with van der Waals surface area (Å²) in [5, 5.41) is 8.24. The van der Waals surface area contributed by atoms with E-state index in [4.69, 9.17) is 0 Å². The van der Waals surface area contributed by atoms with E-state index in [-0.39, 0.29) is 43.1 Å². The van der Waals surface area contributed by atoms with Gasteiger partial charge in [0.15, 0.2) is 5.13 Å². The number of amides is 3. The van der Waals surface area contributed by atoms with Crippen molar-refractivity contribution in [1.29, 1.82) is 0 Å². The second-order valence-electron chi connectivity index (χ2n) is 8.43. The lowest BCUT2D eigenvalue weighted by atomic mass is 9.98. The van der Waals surface area contributed by atoms with Gasteiger partial charge in [0.1, 0.15) is 6.04 Å². The number of nitrogens with one attached hydrogen (secondary N) is 2. The first-order chi connectivity index (χ1) is 15.9. The number of hydrogen-bond donors (Lipinski definition) is 2. The molecule has 0 bridgehead atoms. The predicted octanol–water partition coefficient (Wildman–Crippen LogP) is 4.29. The van der Waals surface area contributed by atoms with E-state index in [0.717, 1.165) is 42.5 Å². The predicted molar refractivity (Wildman–Crippen MR) is 131 cm³/mol. The van der Waals surface area contributed by atoms with Crippen LogP contribution in [0.2, 0.25) is 0 Å². The first-order valence-electron chi connectivity index (χ1n) is 11.4. The molecule has 3 rings (SSSR count). The minimum atomic E-state index is -0.776. The van der Waals surface area contributed by atoms with Gasteiger partial charge in [-0.15, -0.1) is 17.9 Å². The highest BCUT2D eigenvalue weighted by atomic mass is 32.1. The minimum absolute atomic E-state index is 0.00976. The number of rotatable bonds is 10. The van der Waals surface area contributed by atoms with Crippen LogP contribution in [0.5, 0.6) is 0 Å². The average molecular weight is 469 g/mol. The van der Waals surface area contributed by atoms with Gasteiger partial charge in [-0.2, -0.15) is 0 Å². The summed E-state index contributed by atoms with van der Waals surface area (Å²) >= 11 is 1.34. The molecule has 1 saturated carbocycles. The Morgan fingerprint density at radius 2 is 1.94 bits per heavy atom. The first-order valence-corrected chi connectivity index (χ1v) is 12.2. The van der Waals surface area contributed by atoms with Crippen LogP contribution < -0.4 is 10.6 Å². The van der Waals surface area contributed by atoms with Crippen molar-refractivity contribution in [2.75, 3.05) is 11.9 Å². The van der Waals surface area contributed by atoms with Gasteiger partial charge < -0.3 is 15.5 Å². The van der Waals surface area contributed by atoms with Crippen molar-refractivity contribution in [2.45, 2.75) is 64.5 Å². The lowest BCUT2D eigenvalue weighted by Gasteiger charge is -2.32. The molecule has 2 N–H and O–H groups in total. The molecule has 0 aliphatic heterocycles. The molecule has 1 aliphatic rings. The van der Waals surface area contributed by atoms with E-state index in [1.807, 2.05) is 43.5 Å². The number of aryl methyl sites for hydroxylation is 2. The fourth-order valence-electron chi connectivity index (χ4n) is 4.14. The first kappa shape index (κ1) is 24.6. The van der Waals surface area contributed by atoms with Gasteiger partial charge in [0.2, 0.25) is 17.7 Å². The Morgan fingerprint density at radius 1 is 1.21 bits per heavy atom. The molecule has 0 spiro atoms. The summed E-state index contributed by atoms with van der Waals surface area (Å²) in [6, 6.07) is 6.97. The van der Waals surface area contributed by atoms with Gasteiger partial charge in [-0.05, 0) is 37.8 Å². The molecule has 1 fully saturated rings. The van der Waals surface area contributed by atoms with Crippen LogP contribution in [0, 0.1) is 13.8 Å². The highest BCUT2D eigenvalue weighted by molar-refractivity contribution is 7.13. The highest BCUT2D eigenvalue weighted by Crippen LogP contribution is 2.27. The van der Waals surface area contributed by atoms with Crippen molar-refractivity contribution in [3.05, 3.63) is 59.1 Å². The Labute approximate surface area is 199 Å². The molecule has 176 valence electrons. The van der Waals surface area contributed by atoms with Gasteiger partial charge in [0.25, 0.3) is 0 Å². The molecule has 1 aliphatic carbocycles. The van der Waals surface area contributed by atoms with Crippen molar-refractivity contribution in [3.8, 4) is 0 Å². The fourth-order valence-corrected chi connectivity index (χ4v) is 4.85. The van der Waals surface area contributed by atoms with Crippen molar-refractivity contribution in [1.82, 2.24) is 15.2 Å². The van der Waals surface area contributed by atoms with E-state index in [2.05, 4.69) is 22.2 Å². The molecule has 33 heavy (non-hydrogen) atoms. The van der Waals surface area contributed by atoms with Crippen LogP contribution in [0.3, 0.4) is 0 Å². The maximum atomic E-state index is 13.4. The summed E-state index contributed by atoms with van der Waals surface area (Å²) in [6.07, 6.45) is 5.73. The van der Waals surface area contributed by atoms with Crippen molar-refractivity contribution >= 4 is 34.2 Å². The Bertz CT molecular complexity index is 997. The molecule has 0 unspecified atom stereocenters. The Morgan fingerprint density at radius 3 is 2.58 bits per heavy atom. The van der Waals surface area contributed by atoms with Crippen LogP contribution in [-0.4, -0.2) is 40.2 Å². The third kappa shape index (κ3) is 6.74. The van der Waals surface area contributed by atoms with Crippen LogP contribution >= 0.6 is 11.3 Å². The van der Waals surface area contributed by atoms with Gasteiger partial charge in [0, 0.05) is 30.8 Å². The van der Waals surface area contributed by atoms with Gasteiger partial charge in [-0.1, -0.05) is 43.2 Å². The SMILES string of the molecule is C=CCN(C(=O)CCC(=O)Nc1nc(C)cs1)[C@H](C(=O)NC1CCCC1)c1ccccc1C. The number of benzene rings is 1. The van der Waals surface area contributed by atoms with E-state index in [9.17, 15) is 14.4 Å². The maximum absolute atomic E-state index is 13.4. The normalized spacial score (nSPS) is 14.5. The van der Waals surface area contributed by atoms with Crippen LogP contribution in [0.4, 0.5) is 5.13 Å². The fraction of sp³-hybridized carbons (Fsp3) is 0.440. The average Bonchev–Trinajstić information content (AvgIpc) is 3.44. The van der Waals surface area contributed by atoms with Gasteiger partial charge in [0.05, 0.1) is 5.69 Å². The highest BCUT2D eigenvalue weighted by Gasteiger charge is 2.33. The van der Waals surface area contributed by atoms with Crippen LogP contribution in [0.1, 0.15) is 61.4 Å². The summed E-state index contributed by atoms with van der Waals surface area (Å²) in [6.45, 7) is 7.79. The van der Waals surface area contributed by atoms with E-state index < -0.39 is 6.04 Å². The molecule has 3 amide bonds. The lowest BCUT2D eigenvalue weighted by Crippen LogP contribution is -2.46. The third-order valence-electron chi connectivity index (χ3n) is 5.82. The van der Waals surface area contributed by atoms with Crippen molar-refractivity contribution in [3.63, 3.8) is 0 Å². The zero-order valence-electron chi connectivity index (χ0n) is 19.3. The van der Waals surface area contributed by atoms with Crippen LogP contribution in [0.15, 0.2) is 42.3 Å². The molecule has 0 radical (unpaired) electrons. The summed E-state index contributed by atoms with van der Waals surface area (Å²) in [5.74, 6) is -0.733. The Hall–Kier alpha value is -3.00. The van der Waals surface area contributed by atoms with Gasteiger partial charge in [-0.3, -0.25) is 14.4 Å². The summed E-state index contributed by atoms with van der Waals surface area (Å²) < 4.78 is 0. The molecule has 8 heteroatoms. The number of hydrogen-bond acceptors (Lipinski definition) is 5. The van der Waals surface area contributed by atoms with Crippen molar-refractivity contribution < 1.29 is 14.4 Å². The zero-order chi connectivity index (χ0) is 23.8. The topological polar surface area (TPSA) is 91.4 Å². The molecule has 7 nitrogen and oxygen atoms in total. The monoisotopic (exact) mass is 468 g/mol. The zero-order valence-corrected chi connectivity index (χ0v) is 20.1. The van der Waals surface area contributed by atoms with E-state index in [1.165, 1.54) is 16.2 Å². The smallest absolute Gasteiger partial charge is 0.247 e. The van der Waals surface area contributed by atoms with Crippen LogP contribution in [-0.2, 0) is 14.4 Å². The Balaban J connectivity index is 1.76. The quantitative estimate of drug-likeness (QED) is 0.509. The van der Waals surface area contributed by atoms with Gasteiger partial charge >= 0.3 is 0 Å². The largest absolute Gasteiger partial charge is 0.351 e. The molecule has 1 aromatic carbocycles. The molecular weight excluding hydrogens is 436 g/mol. The second kappa shape index (κ2) is 11.7. The number of aromatic nitrogens is 1. The number of anilines is 1. The standard InChI is InChI=1S/C25H32N4O3S/c1-4-15-29(22(31)14-13-21(30)28-25-26-18(3)16-33-25)23(20-12-8-5-9-17(20)2)24(32)27-19-10-6-7-11-19/h4-5,8-9,12,16,19,23H,1,6-7,10-11,13-15H2,2-3H3,(H,27,32)(H,26,28,30)/t23-/m0/s1. The summed E-state index contributed by atoms with van der Waals surface area (Å²) in [5.41, 5.74) is 2.55. The maximum Gasteiger partial charge on any atom is 0.247 e. The summed E-state index contributed by atoms with van der Waals surface area (Å²) in [7, 11) is 0. The minimum Gasteiger partial charge on any atom is -0.351 e. The number of thiazole rings is 1. The molecule has 1 aromatic heterocycles. The van der Waals surface area contributed by atoms with Crippen LogP contribution in [0.25, 0.3) is 0 Å². The number of carbonyl (C=O) groups is 3. The molecule has 2 aromatic rings. The molecule has 1 heterocycles. The Kier molecular flexibility index (Phi) is 8.77. The molecule has 0 saturated heterocycles. The third-order valence-corrected chi connectivity index (χ3v) is 6.70. The van der Waals surface area contributed by atoms with Crippen molar-refractivity contribution in [2.24, 2.45) is 0 Å².